The molecule has 1 atom stereocenters. The molecular weight excluding hydrogens is 477 g/mol. The summed E-state index contributed by atoms with van der Waals surface area (Å²) in [5, 5.41) is 2.72. The molecule has 184 valence electrons. The normalized spacial score (nSPS) is 11.5. The molecule has 0 aliphatic heterocycles. The van der Waals surface area contributed by atoms with Crippen LogP contribution in [-0.2, 0) is 9.53 Å². The van der Waals surface area contributed by atoms with Crippen molar-refractivity contribution in [3.8, 4) is 5.75 Å². The van der Waals surface area contributed by atoms with Crippen LogP contribution in [0.2, 0.25) is 0 Å². The summed E-state index contributed by atoms with van der Waals surface area (Å²) >= 11 is 0.684. The van der Waals surface area contributed by atoms with Crippen molar-refractivity contribution in [3.63, 3.8) is 0 Å². The Labute approximate surface area is 204 Å². The van der Waals surface area contributed by atoms with Crippen LogP contribution in [-0.4, -0.2) is 49.5 Å². The standard InChI is InChI=1S/C23H24FN5O5S/c1-33-11-10-27-22(31)19(13-6-8-14(24)9-7-13)29(15-4-3-5-16(12-15)34-2)23(32)20-17(25)18(21(26)30)28-35-20/h3-9,12,19H,10-11,25H2,1-2H3,(H2,26,30)(H,27,31)/t19-/m0/s1. The molecule has 0 spiro atoms. The summed E-state index contributed by atoms with van der Waals surface area (Å²) in [5.41, 5.74) is 11.5. The first-order valence-corrected chi connectivity index (χ1v) is 11.1. The number of anilines is 2. The first-order valence-electron chi connectivity index (χ1n) is 10.3. The number of ether oxygens (including phenoxy) is 2. The van der Waals surface area contributed by atoms with E-state index in [1.54, 1.807) is 24.3 Å². The number of amides is 3. The second-order valence-electron chi connectivity index (χ2n) is 7.25. The lowest BCUT2D eigenvalue weighted by atomic mass is 10.0. The molecule has 0 saturated heterocycles. The van der Waals surface area contributed by atoms with Crippen LogP contribution >= 0.6 is 11.5 Å². The van der Waals surface area contributed by atoms with Crippen LogP contribution in [0, 0.1) is 5.82 Å². The van der Waals surface area contributed by atoms with E-state index < -0.39 is 29.6 Å². The van der Waals surface area contributed by atoms with Gasteiger partial charge in [-0.1, -0.05) is 18.2 Å². The van der Waals surface area contributed by atoms with Gasteiger partial charge in [-0.3, -0.25) is 19.3 Å². The average Bonchev–Trinajstić information content (AvgIpc) is 3.24. The van der Waals surface area contributed by atoms with E-state index in [0.29, 0.717) is 28.5 Å². The van der Waals surface area contributed by atoms with Gasteiger partial charge in [0.15, 0.2) is 5.69 Å². The molecule has 0 radical (unpaired) electrons. The maximum atomic E-state index is 13.9. The number of nitrogens with two attached hydrogens (primary N) is 2. The molecule has 3 rings (SSSR count). The number of primary amides is 1. The second-order valence-corrected chi connectivity index (χ2v) is 8.03. The van der Waals surface area contributed by atoms with Gasteiger partial charge in [-0.05, 0) is 41.4 Å². The zero-order valence-corrected chi connectivity index (χ0v) is 19.8. The predicted molar refractivity (Wildman–Crippen MR) is 129 cm³/mol. The highest BCUT2D eigenvalue weighted by molar-refractivity contribution is 7.09. The van der Waals surface area contributed by atoms with Crippen LogP contribution in [0.3, 0.4) is 0 Å². The van der Waals surface area contributed by atoms with Gasteiger partial charge in [0.1, 0.15) is 22.5 Å². The van der Waals surface area contributed by atoms with Crippen LogP contribution in [0.5, 0.6) is 5.75 Å². The van der Waals surface area contributed by atoms with Gasteiger partial charge in [0.05, 0.1) is 19.4 Å². The Hall–Kier alpha value is -4.03. The number of carbonyl (C=O) groups excluding carboxylic acids is 3. The van der Waals surface area contributed by atoms with Crippen molar-refractivity contribution < 1.29 is 28.2 Å². The lowest BCUT2D eigenvalue weighted by Crippen LogP contribution is -2.44. The SMILES string of the molecule is COCCNC(=O)[C@H](c1ccc(F)cc1)N(C(=O)c1snc(C(N)=O)c1N)c1cccc(OC)c1. The molecule has 2 aromatic carbocycles. The van der Waals surface area contributed by atoms with Gasteiger partial charge < -0.3 is 26.3 Å². The smallest absolute Gasteiger partial charge is 0.273 e. The number of nitrogen functional groups attached to an aromatic ring is 1. The van der Waals surface area contributed by atoms with E-state index >= 15 is 0 Å². The molecule has 1 heterocycles. The number of benzene rings is 2. The summed E-state index contributed by atoms with van der Waals surface area (Å²) in [7, 11) is 2.94. The third-order valence-electron chi connectivity index (χ3n) is 5.00. The van der Waals surface area contributed by atoms with E-state index in [2.05, 4.69) is 9.69 Å². The monoisotopic (exact) mass is 501 g/mol. The molecule has 3 aromatic rings. The van der Waals surface area contributed by atoms with E-state index in [9.17, 15) is 18.8 Å². The maximum absolute atomic E-state index is 13.9. The number of hydrogen-bond acceptors (Lipinski definition) is 8. The number of carbonyl (C=O) groups is 3. The topological polar surface area (TPSA) is 150 Å². The Morgan fingerprint density at radius 2 is 1.89 bits per heavy atom. The average molecular weight is 502 g/mol. The minimum Gasteiger partial charge on any atom is -0.497 e. The van der Waals surface area contributed by atoms with Crippen molar-refractivity contribution in [2.45, 2.75) is 6.04 Å². The van der Waals surface area contributed by atoms with E-state index in [4.69, 9.17) is 20.9 Å². The molecule has 0 saturated carbocycles. The zero-order chi connectivity index (χ0) is 25.5. The lowest BCUT2D eigenvalue weighted by Gasteiger charge is -2.31. The van der Waals surface area contributed by atoms with Gasteiger partial charge in [-0.25, -0.2) is 4.39 Å². The fraction of sp³-hybridized carbons (Fsp3) is 0.217. The minimum absolute atomic E-state index is 0.0848. The molecule has 10 nitrogen and oxygen atoms in total. The number of nitrogens with one attached hydrogen (secondary N) is 1. The Morgan fingerprint density at radius 1 is 1.17 bits per heavy atom. The second kappa shape index (κ2) is 11.4. The molecule has 3 amide bonds. The van der Waals surface area contributed by atoms with E-state index in [-0.39, 0.29) is 29.4 Å². The highest BCUT2D eigenvalue weighted by atomic mass is 32.1. The number of aromatic nitrogens is 1. The van der Waals surface area contributed by atoms with E-state index in [1.165, 1.54) is 43.4 Å². The predicted octanol–water partition coefficient (Wildman–Crippen LogP) is 2.12. The Bertz CT molecular complexity index is 1220. The van der Waals surface area contributed by atoms with Crippen LogP contribution < -0.4 is 26.4 Å². The molecule has 0 bridgehead atoms. The highest BCUT2D eigenvalue weighted by Crippen LogP contribution is 2.34. The van der Waals surface area contributed by atoms with Gasteiger partial charge in [-0.15, -0.1) is 0 Å². The summed E-state index contributed by atoms with van der Waals surface area (Å²) in [6.07, 6.45) is 0. The fourth-order valence-electron chi connectivity index (χ4n) is 3.32. The van der Waals surface area contributed by atoms with Crippen molar-refractivity contribution in [2.75, 3.05) is 38.0 Å². The molecule has 0 unspecified atom stereocenters. The van der Waals surface area contributed by atoms with Crippen molar-refractivity contribution in [2.24, 2.45) is 5.73 Å². The molecule has 35 heavy (non-hydrogen) atoms. The zero-order valence-electron chi connectivity index (χ0n) is 19.0. The molecule has 0 aliphatic rings. The summed E-state index contributed by atoms with van der Waals surface area (Å²) < 4.78 is 27.9. The van der Waals surface area contributed by atoms with Crippen LogP contribution in [0.1, 0.15) is 31.8 Å². The van der Waals surface area contributed by atoms with Crippen molar-refractivity contribution >= 4 is 40.6 Å². The summed E-state index contributed by atoms with van der Waals surface area (Å²) in [6.45, 7) is 0.403. The lowest BCUT2D eigenvalue weighted by molar-refractivity contribution is -0.122. The van der Waals surface area contributed by atoms with Crippen LogP contribution in [0.4, 0.5) is 15.8 Å². The number of halogens is 1. The summed E-state index contributed by atoms with van der Waals surface area (Å²) in [4.78, 5) is 40.0. The van der Waals surface area contributed by atoms with Gasteiger partial charge in [-0.2, -0.15) is 4.37 Å². The fourth-order valence-corrected chi connectivity index (χ4v) is 4.06. The van der Waals surface area contributed by atoms with Gasteiger partial charge in [0.25, 0.3) is 11.8 Å². The molecule has 12 heteroatoms. The summed E-state index contributed by atoms with van der Waals surface area (Å²) in [6, 6.07) is 10.4. The number of hydrogen-bond donors (Lipinski definition) is 3. The van der Waals surface area contributed by atoms with Gasteiger partial charge >= 0.3 is 0 Å². The molecule has 0 fully saturated rings. The van der Waals surface area contributed by atoms with Gasteiger partial charge in [0.2, 0.25) is 5.91 Å². The first kappa shape index (κ1) is 25.6. The van der Waals surface area contributed by atoms with E-state index in [1.807, 2.05) is 0 Å². The minimum atomic E-state index is -1.24. The first-order chi connectivity index (χ1) is 16.8. The number of rotatable bonds is 10. The number of nitrogens with zero attached hydrogens (tertiary/aromatic N) is 2. The number of methoxy groups -OCH3 is 2. The third-order valence-corrected chi connectivity index (χ3v) is 5.85. The maximum Gasteiger partial charge on any atom is 0.273 e. The molecule has 1 aromatic heterocycles. The van der Waals surface area contributed by atoms with E-state index in [0.717, 1.165) is 0 Å². The Balaban J connectivity index is 2.19. The van der Waals surface area contributed by atoms with Crippen LogP contribution in [0.15, 0.2) is 48.5 Å². The van der Waals surface area contributed by atoms with Gasteiger partial charge in [0, 0.05) is 25.4 Å². The molecular formula is C23H24FN5O5S. The highest BCUT2D eigenvalue weighted by Gasteiger charge is 2.36. The molecule has 0 aliphatic carbocycles. The van der Waals surface area contributed by atoms with Crippen molar-refractivity contribution in [3.05, 3.63) is 70.5 Å². The molecule has 5 N–H and O–H groups in total. The largest absolute Gasteiger partial charge is 0.497 e. The van der Waals surface area contributed by atoms with Crippen molar-refractivity contribution in [1.29, 1.82) is 0 Å². The Kier molecular flexibility index (Phi) is 8.34. The quantitative estimate of drug-likeness (QED) is 0.360. The Morgan fingerprint density at radius 3 is 2.49 bits per heavy atom. The van der Waals surface area contributed by atoms with Crippen LogP contribution in [0.25, 0.3) is 0 Å². The third kappa shape index (κ3) is 5.73. The van der Waals surface area contributed by atoms with Crippen molar-refractivity contribution in [1.82, 2.24) is 9.69 Å². The summed E-state index contributed by atoms with van der Waals surface area (Å²) in [5.74, 6) is -2.24.